The lowest BCUT2D eigenvalue weighted by molar-refractivity contribution is -0.140. The molecule has 2 aliphatic heterocycles. The van der Waals surface area contributed by atoms with Crippen molar-refractivity contribution in [2.24, 2.45) is 5.41 Å². The van der Waals surface area contributed by atoms with Crippen LogP contribution in [0.2, 0.25) is 0 Å². The van der Waals surface area contributed by atoms with Crippen LogP contribution in [0.5, 0.6) is 5.75 Å². The van der Waals surface area contributed by atoms with Crippen molar-refractivity contribution < 1.29 is 19.4 Å². The number of ether oxygens (including phenoxy) is 1. The fourth-order valence-electron chi connectivity index (χ4n) is 4.64. The molecule has 2 heterocycles. The number of benzene rings is 1. The Kier molecular flexibility index (Phi) is 5.08. The zero-order valence-corrected chi connectivity index (χ0v) is 15.7. The molecular formula is C21H28N2O4. The van der Waals surface area contributed by atoms with Gasteiger partial charge in [-0.25, -0.2) is 4.79 Å². The molecule has 1 unspecified atom stereocenters. The number of hydrogen-bond acceptors (Lipinski definition) is 4. The van der Waals surface area contributed by atoms with E-state index < -0.39 is 5.97 Å². The van der Waals surface area contributed by atoms with Crippen LogP contribution < -0.4 is 4.74 Å². The molecule has 1 aromatic rings. The highest BCUT2D eigenvalue weighted by Gasteiger charge is 2.45. The summed E-state index contributed by atoms with van der Waals surface area (Å²) in [4.78, 5) is 27.5. The minimum Gasteiger partial charge on any atom is -0.482 e. The highest BCUT2D eigenvalue weighted by Crippen LogP contribution is 2.42. The predicted molar refractivity (Wildman–Crippen MR) is 100 cm³/mol. The SMILES string of the molecule is O=C(O)COc1ccc(CN2CCCC3(CCC(=O)N(C4CC4)C3)C2)cc1. The van der Waals surface area contributed by atoms with E-state index >= 15 is 0 Å². The number of carboxylic acids is 1. The summed E-state index contributed by atoms with van der Waals surface area (Å²) in [6, 6.07) is 8.22. The minimum atomic E-state index is -0.969. The maximum absolute atomic E-state index is 12.3. The average Bonchev–Trinajstić information content (AvgIpc) is 3.49. The van der Waals surface area contributed by atoms with Gasteiger partial charge in [-0.3, -0.25) is 9.69 Å². The van der Waals surface area contributed by atoms with Gasteiger partial charge in [-0.1, -0.05) is 12.1 Å². The lowest BCUT2D eigenvalue weighted by atomic mass is 9.73. The Balaban J connectivity index is 1.35. The van der Waals surface area contributed by atoms with Crippen molar-refractivity contribution in [2.45, 2.75) is 51.1 Å². The summed E-state index contributed by atoms with van der Waals surface area (Å²) >= 11 is 0. The highest BCUT2D eigenvalue weighted by atomic mass is 16.5. The molecule has 1 amide bonds. The second-order valence-electron chi connectivity index (χ2n) is 8.39. The molecule has 27 heavy (non-hydrogen) atoms. The van der Waals surface area contributed by atoms with Gasteiger partial charge in [0.25, 0.3) is 0 Å². The van der Waals surface area contributed by atoms with Crippen molar-refractivity contribution in [1.82, 2.24) is 9.80 Å². The lowest BCUT2D eigenvalue weighted by Gasteiger charge is -2.48. The predicted octanol–water partition coefficient (Wildman–Crippen LogP) is 2.52. The van der Waals surface area contributed by atoms with Gasteiger partial charge in [-0.05, 0) is 56.3 Å². The topological polar surface area (TPSA) is 70.1 Å². The Labute approximate surface area is 160 Å². The monoisotopic (exact) mass is 372 g/mol. The smallest absolute Gasteiger partial charge is 0.341 e. The lowest BCUT2D eigenvalue weighted by Crippen LogP contribution is -2.54. The van der Waals surface area contributed by atoms with Crippen LogP contribution in [-0.2, 0) is 16.1 Å². The van der Waals surface area contributed by atoms with E-state index in [1.807, 2.05) is 24.3 Å². The van der Waals surface area contributed by atoms with Gasteiger partial charge in [0.15, 0.2) is 6.61 Å². The van der Waals surface area contributed by atoms with Gasteiger partial charge < -0.3 is 14.7 Å². The molecule has 1 atom stereocenters. The van der Waals surface area contributed by atoms with Crippen LogP contribution in [0.15, 0.2) is 24.3 Å². The second kappa shape index (κ2) is 7.50. The van der Waals surface area contributed by atoms with Crippen LogP contribution in [0.4, 0.5) is 0 Å². The van der Waals surface area contributed by atoms with E-state index in [9.17, 15) is 9.59 Å². The molecule has 6 nitrogen and oxygen atoms in total. The molecule has 2 saturated heterocycles. The summed E-state index contributed by atoms with van der Waals surface area (Å²) in [6.45, 7) is 3.66. The van der Waals surface area contributed by atoms with Gasteiger partial charge in [0.2, 0.25) is 5.91 Å². The summed E-state index contributed by atoms with van der Waals surface area (Å²) in [7, 11) is 0. The Morgan fingerprint density at radius 1 is 1.19 bits per heavy atom. The molecule has 1 saturated carbocycles. The fourth-order valence-corrected chi connectivity index (χ4v) is 4.64. The average molecular weight is 372 g/mol. The zero-order chi connectivity index (χ0) is 18.9. The van der Waals surface area contributed by atoms with E-state index in [0.717, 1.165) is 32.6 Å². The summed E-state index contributed by atoms with van der Waals surface area (Å²) in [5.74, 6) is -0.0248. The number of carbonyl (C=O) groups excluding carboxylic acids is 1. The fraction of sp³-hybridized carbons (Fsp3) is 0.619. The Morgan fingerprint density at radius 2 is 1.96 bits per heavy atom. The van der Waals surface area contributed by atoms with E-state index in [4.69, 9.17) is 9.84 Å². The number of piperidine rings is 2. The van der Waals surface area contributed by atoms with E-state index in [2.05, 4.69) is 9.80 Å². The standard InChI is InChI=1S/C21H28N2O4/c24-19-8-10-21(15-23(19)17-4-5-17)9-1-11-22(14-21)12-16-2-6-18(7-3-16)27-13-20(25)26/h2-3,6-7,17H,1,4-5,8-15H2,(H,25,26). The molecule has 0 aromatic heterocycles. The van der Waals surface area contributed by atoms with E-state index in [-0.39, 0.29) is 12.0 Å². The minimum absolute atomic E-state index is 0.263. The second-order valence-corrected chi connectivity index (χ2v) is 8.39. The largest absolute Gasteiger partial charge is 0.482 e. The summed E-state index contributed by atoms with van der Waals surface area (Å²) in [5, 5.41) is 8.68. The van der Waals surface area contributed by atoms with Crippen molar-refractivity contribution in [3.05, 3.63) is 29.8 Å². The molecule has 6 heteroatoms. The van der Waals surface area contributed by atoms with Crippen LogP contribution in [0.1, 0.15) is 44.1 Å². The molecule has 1 aliphatic carbocycles. The molecule has 1 aromatic carbocycles. The van der Waals surface area contributed by atoms with E-state index in [0.29, 0.717) is 24.1 Å². The molecule has 4 rings (SSSR count). The van der Waals surface area contributed by atoms with Gasteiger partial charge >= 0.3 is 5.97 Å². The van der Waals surface area contributed by atoms with Crippen LogP contribution in [0.3, 0.4) is 0 Å². The number of likely N-dealkylation sites (tertiary alicyclic amines) is 2. The normalized spacial score (nSPS) is 26.4. The Morgan fingerprint density at radius 3 is 2.67 bits per heavy atom. The number of aliphatic carboxylic acids is 1. The van der Waals surface area contributed by atoms with Crippen LogP contribution in [0, 0.1) is 5.41 Å². The van der Waals surface area contributed by atoms with Crippen LogP contribution >= 0.6 is 0 Å². The molecule has 146 valence electrons. The third-order valence-electron chi connectivity index (χ3n) is 6.12. The van der Waals surface area contributed by atoms with Crippen LogP contribution in [-0.4, -0.2) is 59.1 Å². The molecule has 1 N–H and O–H groups in total. The van der Waals surface area contributed by atoms with Gasteiger partial charge in [0.05, 0.1) is 0 Å². The van der Waals surface area contributed by atoms with Crippen LogP contribution in [0.25, 0.3) is 0 Å². The number of nitrogens with zero attached hydrogens (tertiary/aromatic N) is 2. The van der Waals surface area contributed by atoms with E-state index in [1.165, 1.54) is 31.2 Å². The summed E-state index contributed by atoms with van der Waals surface area (Å²) in [5.41, 5.74) is 1.47. The first-order valence-corrected chi connectivity index (χ1v) is 9.98. The molecular weight excluding hydrogens is 344 g/mol. The van der Waals surface area contributed by atoms with Crippen molar-refractivity contribution >= 4 is 11.9 Å². The number of hydrogen-bond donors (Lipinski definition) is 1. The molecule has 0 radical (unpaired) electrons. The van der Waals surface area contributed by atoms with Crippen molar-refractivity contribution in [3.63, 3.8) is 0 Å². The van der Waals surface area contributed by atoms with Crippen molar-refractivity contribution in [2.75, 3.05) is 26.2 Å². The number of carboxylic acid groups (broad SMARTS) is 1. The molecule has 0 bridgehead atoms. The molecule has 3 fully saturated rings. The van der Waals surface area contributed by atoms with Gasteiger partial charge in [-0.2, -0.15) is 0 Å². The first kappa shape index (κ1) is 18.3. The summed E-state index contributed by atoms with van der Waals surface area (Å²) in [6.07, 6.45) is 6.51. The maximum Gasteiger partial charge on any atom is 0.341 e. The van der Waals surface area contributed by atoms with Gasteiger partial charge in [-0.15, -0.1) is 0 Å². The van der Waals surface area contributed by atoms with Crippen molar-refractivity contribution in [3.8, 4) is 5.75 Å². The summed E-state index contributed by atoms with van der Waals surface area (Å²) < 4.78 is 5.20. The number of carbonyl (C=O) groups is 2. The highest BCUT2D eigenvalue weighted by molar-refractivity contribution is 5.78. The number of rotatable bonds is 6. The first-order valence-electron chi connectivity index (χ1n) is 9.98. The number of amides is 1. The van der Waals surface area contributed by atoms with Gasteiger partial charge in [0.1, 0.15) is 5.75 Å². The third kappa shape index (κ3) is 4.43. The molecule has 3 aliphatic rings. The van der Waals surface area contributed by atoms with Crippen molar-refractivity contribution in [1.29, 1.82) is 0 Å². The Bertz CT molecular complexity index is 701. The Hall–Kier alpha value is -2.08. The van der Waals surface area contributed by atoms with E-state index in [1.54, 1.807) is 0 Å². The quantitative estimate of drug-likeness (QED) is 0.831. The zero-order valence-electron chi connectivity index (χ0n) is 15.7. The van der Waals surface area contributed by atoms with Gasteiger partial charge in [0, 0.05) is 37.5 Å². The maximum atomic E-state index is 12.3. The first-order chi connectivity index (χ1) is 13.0. The molecule has 1 spiro atoms. The third-order valence-corrected chi connectivity index (χ3v) is 6.12.